The first-order valence-corrected chi connectivity index (χ1v) is 10.6. The topological polar surface area (TPSA) is 61.8 Å². The van der Waals surface area contributed by atoms with E-state index in [1.54, 1.807) is 7.11 Å². The molecule has 6 nitrogen and oxygen atoms in total. The van der Waals surface area contributed by atoms with E-state index in [1.165, 1.54) is 24.8 Å². The number of pyridine rings is 1. The Balaban J connectivity index is 1.76. The van der Waals surface area contributed by atoms with E-state index in [0.29, 0.717) is 12.0 Å². The Morgan fingerprint density at radius 3 is 2.69 bits per heavy atom. The van der Waals surface area contributed by atoms with Crippen LogP contribution in [-0.2, 0) is 11.3 Å². The van der Waals surface area contributed by atoms with E-state index in [-0.39, 0.29) is 0 Å². The van der Waals surface area contributed by atoms with Gasteiger partial charge < -0.3 is 20.3 Å². The number of hydrogen-bond acceptors (Lipinski definition) is 4. The fourth-order valence-electron chi connectivity index (χ4n) is 3.88. The molecule has 1 aromatic heterocycles. The van der Waals surface area contributed by atoms with E-state index >= 15 is 0 Å². The minimum atomic E-state index is 0.355. The summed E-state index contributed by atoms with van der Waals surface area (Å²) in [6.07, 6.45) is 4.96. The first-order chi connectivity index (χ1) is 14.1. The number of aromatic nitrogens is 1. The van der Waals surface area contributed by atoms with Crippen LogP contribution >= 0.6 is 0 Å². The summed E-state index contributed by atoms with van der Waals surface area (Å²) in [5, 5.41) is 8.14. The van der Waals surface area contributed by atoms with Crippen molar-refractivity contribution in [2.24, 2.45) is 10.4 Å². The Bertz CT molecular complexity index is 829. The van der Waals surface area contributed by atoms with Gasteiger partial charge in [0.15, 0.2) is 5.96 Å². The van der Waals surface area contributed by atoms with Gasteiger partial charge in [-0.15, -0.1) is 0 Å². The Kier molecular flexibility index (Phi) is 7.31. The summed E-state index contributed by atoms with van der Waals surface area (Å²) in [6, 6.07) is 10.4. The summed E-state index contributed by atoms with van der Waals surface area (Å²) in [7, 11) is 5.83. The Morgan fingerprint density at radius 2 is 2.03 bits per heavy atom. The lowest BCUT2D eigenvalue weighted by molar-refractivity contribution is 0.0732. The van der Waals surface area contributed by atoms with Crippen molar-refractivity contribution < 1.29 is 4.74 Å². The molecular weight excluding hydrogens is 362 g/mol. The van der Waals surface area contributed by atoms with Crippen molar-refractivity contribution >= 4 is 22.7 Å². The second kappa shape index (κ2) is 9.92. The molecule has 1 aliphatic carbocycles. The second-order valence-electron chi connectivity index (χ2n) is 8.20. The highest BCUT2D eigenvalue weighted by atomic mass is 16.5. The van der Waals surface area contributed by atoms with Gasteiger partial charge in [0, 0.05) is 46.3 Å². The molecule has 6 heteroatoms. The number of aliphatic imine (C=N–C) groups is 1. The molecule has 29 heavy (non-hydrogen) atoms. The highest BCUT2D eigenvalue weighted by Crippen LogP contribution is 2.43. The zero-order valence-corrected chi connectivity index (χ0v) is 18.3. The van der Waals surface area contributed by atoms with Gasteiger partial charge in [-0.25, -0.2) is 9.98 Å². The number of methoxy groups -OCH3 is 1. The van der Waals surface area contributed by atoms with Crippen LogP contribution in [0.2, 0.25) is 0 Å². The molecule has 1 saturated carbocycles. The maximum Gasteiger partial charge on any atom is 0.191 e. The maximum atomic E-state index is 5.32. The molecule has 0 spiro atoms. The van der Waals surface area contributed by atoms with Crippen LogP contribution in [0.1, 0.15) is 38.2 Å². The third-order valence-corrected chi connectivity index (χ3v) is 5.88. The lowest BCUT2D eigenvalue weighted by atomic mass is 9.67. The molecule has 1 aromatic carbocycles. The molecule has 1 aliphatic rings. The molecule has 0 aliphatic heterocycles. The van der Waals surface area contributed by atoms with Crippen LogP contribution in [0.15, 0.2) is 35.3 Å². The molecule has 2 N–H and O–H groups in total. The van der Waals surface area contributed by atoms with Gasteiger partial charge in [-0.05, 0) is 49.3 Å². The van der Waals surface area contributed by atoms with Crippen molar-refractivity contribution in [1.29, 1.82) is 0 Å². The van der Waals surface area contributed by atoms with Crippen molar-refractivity contribution in [2.45, 2.75) is 39.2 Å². The van der Waals surface area contributed by atoms with Gasteiger partial charge in [0.2, 0.25) is 0 Å². The normalized spacial score (nSPS) is 15.8. The number of nitrogens with one attached hydrogen (secondary N) is 2. The largest absolute Gasteiger partial charge is 0.385 e. The van der Waals surface area contributed by atoms with Gasteiger partial charge in [0.25, 0.3) is 0 Å². The third kappa shape index (κ3) is 5.38. The number of rotatable bonds is 9. The lowest BCUT2D eigenvalue weighted by Gasteiger charge is -2.42. The van der Waals surface area contributed by atoms with Gasteiger partial charge in [-0.1, -0.05) is 24.6 Å². The zero-order valence-electron chi connectivity index (χ0n) is 18.3. The van der Waals surface area contributed by atoms with Crippen molar-refractivity contribution in [3.05, 3.63) is 35.9 Å². The molecule has 0 atom stereocenters. The van der Waals surface area contributed by atoms with Crippen molar-refractivity contribution in [1.82, 2.24) is 15.6 Å². The molecule has 1 fully saturated rings. The van der Waals surface area contributed by atoms with Crippen LogP contribution in [0.4, 0.5) is 5.82 Å². The molecular formula is C23H35N5O. The number of ether oxygens (including phenoxy) is 1. The number of nitrogens with zero attached hydrogens (tertiary/aromatic N) is 3. The second-order valence-corrected chi connectivity index (χ2v) is 8.20. The van der Waals surface area contributed by atoms with Crippen molar-refractivity contribution in [3.8, 4) is 0 Å². The highest BCUT2D eigenvalue weighted by Gasteiger charge is 2.36. The molecule has 2 aromatic rings. The standard InChI is InChI=1S/C23H35N5O/c1-5-24-22(26-17-23(11-8-12-23)13-14-29-4)25-16-18-15-21(28(2)3)27-20-10-7-6-9-19(18)20/h6-7,9-10,15H,5,8,11-14,16-17H2,1-4H3,(H2,24,25,26). The lowest BCUT2D eigenvalue weighted by Crippen LogP contribution is -2.46. The van der Waals surface area contributed by atoms with Gasteiger partial charge in [-0.2, -0.15) is 0 Å². The van der Waals surface area contributed by atoms with Crippen LogP contribution in [-0.4, -0.2) is 51.8 Å². The summed E-state index contributed by atoms with van der Waals surface area (Å²) in [5.74, 6) is 1.84. The Labute approximate surface area is 174 Å². The number of fused-ring (bicyclic) bond motifs is 1. The summed E-state index contributed by atoms with van der Waals surface area (Å²) in [4.78, 5) is 11.7. The van der Waals surface area contributed by atoms with Crippen LogP contribution in [0.3, 0.4) is 0 Å². The van der Waals surface area contributed by atoms with E-state index in [0.717, 1.165) is 48.8 Å². The van der Waals surface area contributed by atoms with Crippen molar-refractivity contribution in [2.75, 3.05) is 45.8 Å². The van der Waals surface area contributed by atoms with E-state index in [4.69, 9.17) is 14.7 Å². The third-order valence-electron chi connectivity index (χ3n) is 5.88. The molecule has 0 radical (unpaired) electrons. The first-order valence-electron chi connectivity index (χ1n) is 10.6. The molecule has 3 rings (SSSR count). The molecule has 0 bridgehead atoms. The monoisotopic (exact) mass is 397 g/mol. The molecule has 158 valence electrons. The number of para-hydroxylation sites is 1. The zero-order chi connectivity index (χ0) is 20.7. The fourth-order valence-corrected chi connectivity index (χ4v) is 3.88. The molecule has 0 saturated heterocycles. The van der Waals surface area contributed by atoms with Gasteiger partial charge in [0.1, 0.15) is 5.82 Å². The predicted molar refractivity (Wildman–Crippen MR) is 122 cm³/mol. The van der Waals surface area contributed by atoms with E-state index in [9.17, 15) is 0 Å². The Hall–Kier alpha value is -2.34. The summed E-state index contributed by atoms with van der Waals surface area (Å²) >= 11 is 0. The number of benzene rings is 1. The predicted octanol–water partition coefficient (Wildman–Crippen LogP) is 3.56. The highest BCUT2D eigenvalue weighted by molar-refractivity contribution is 5.85. The number of guanidine groups is 1. The minimum Gasteiger partial charge on any atom is -0.385 e. The SMILES string of the molecule is CCNC(=NCc1cc(N(C)C)nc2ccccc12)NCC1(CCOC)CCC1. The van der Waals surface area contributed by atoms with Crippen LogP contribution in [0, 0.1) is 5.41 Å². The van der Waals surface area contributed by atoms with Crippen LogP contribution < -0.4 is 15.5 Å². The summed E-state index contributed by atoms with van der Waals surface area (Å²) in [6.45, 7) is 5.34. The van der Waals surface area contributed by atoms with Crippen LogP contribution in [0.25, 0.3) is 10.9 Å². The van der Waals surface area contributed by atoms with Gasteiger partial charge in [0.05, 0.1) is 12.1 Å². The maximum absolute atomic E-state index is 5.32. The average molecular weight is 398 g/mol. The van der Waals surface area contributed by atoms with Gasteiger partial charge >= 0.3 is 0 Å². The summed E-state index contributed by atoms with van der Waals surface area (Å²) in [5.41, 5.74) is 2.55. The summed E-state index contributed by atoms with van der Waals surface area (Å²) < 4.78 is 5.32. The number of anilines is 1. The number of hydrogen-bond donors (Lipinski definition) is 2. The molecule has 0 amide bonds. The Morgan fingerprint density at radius 1 is 1.24 bits per heavy atom. The average Bonchev–Trinajstić information content (AvgIpc) is 2.70. The van der Waals surface area contributed by atoms with E-state index < -0.39 is 0 Å². The first kappa shape index (κ1) is 21.4. The minimum absolute atomic E-state index is 0.355. The fraction of sp³-hybridized carbons (Fsp3) is 0.565. The van der Waals surface area contributed by atoms with Crippen molar-refractivity contribution in [3.63, 3.8) is 0 Å². The molecule has 1 heterocycles. The molecule has 0 unspecified atom stereocenters. The quantitative estimate of drug-likeness (QED) is 0.500. The smallest absolute Gasteiger partial charge is 0.191 e. The van der Waals surface area contributed by atoms with E-state index in [1.807, 2.05) is 25.1 Å². The van der Waals surface area contributed by atoms with Gasteiger partial charge in [-0.3, -0.25) is 0 Å². The van der Waals surface area contributed by atoms with E-state index in [2.05, 4.69) is 41.8 Å². The van der Waals surface area contributed by atoms with Crippen LogP contribution in [0.5, 0.6) is 0 Å².